The highest BCUT2D eigenvalue weighted by Gasteiger charge is 2.23. The van der Waals surface area contributed by atoms with Crippen molar-refractivity contribution >= 4 is 61.4 Å². The predicted octanol–water partition coefficient (Wildman–Crippen LogP) is 12.2. The fourth-order valence-electron chi connectivity index (χ4n) is 6.09. The lowest BCUT2D eigenvalue weighted by Gasteiger charge is -2.29. The Bertz CT molecular complexity index is 2240. The molecule has 0 aliphatic heterocycles. The third-order valence-corrected chi connectivity index (χ3v) is 8.30. The lowest BCUT2D eigenvalue weighted by molar-refractivity contribution is 0.669. The van der Waals surface area contributed by atoms with Crippen molar-refractivity contribution in [3.8, 4) is 22.3 Å². The van der Waals surface area contributed by atoms with E-state index in [9.17, 15) is 0 Å². The zero-order valence-electron chi connectivity index (χ0n) is 23.2. The van der Waals surface area contributed by atoms with Gasteiger partial charge in [-0.05, 0) is 63.9 Å². The first-order valence-corrected chi connectivity index (χ1v) is 14.8. The summed E-state index contributed by atoms with van der Waals surface area (Å²) in [5.41, 5.74) is 9.27. The topological polar surface area (TPSA) is 16.4 Å². The van der Waals surface area contributed by atoms with Gasteiger partial charge in [-0.25, -0.2) is 0 Å². The van der Waals surface area contributed by atoms with Crippen LogP contribution in [0.3, 0.4) is 0 Å². The van der Waals surface area contributed by atoms with Crippen molar-refractivity contribution in [1.82, 2.24) is 0 Å². The molecule has 1 heterocycles. The van der Waals surface area contributed by atoms with E-state index in [0.717, 1.165) is 61.1 Å². The maximum absolute atomic E-state index is 6.85. The molecular formula is C40H26ClNO. The zero-order valence-corrected chi connectivity index (χ0v) is 24.0. The second-order valence-electron chi connectivity index (χ2n) is 10.7. The normalized spacial score (nSPS) is 11.4. The summed E-state index contributed by atoms with van der Waals surface area (Å²) in [6.45, 7) is 0. The summed E-state index contributed by atoms with van der Waals surface area (Å²) in [4.78, 5) is 2.31. The number of benzene rings is 7. The maximum Gasteiger partial charge on any atom is 0.139 e. The smallest absolute Gasteiger partial charge is 0.139 e. The number of halogens is 1. The molecule has 0 amide bonds. The molecule has 0 unspecified atom stereocenters. The molecule has 0 radical (unpaired) electrons. The van der Waals surface area contributed by atoms with Crippen LogP contribution >= 0.6 is 11.6 Å². The van der Waals surface area contributed by atoms with Crippen molar-refractivity contribution < 1.29 is 4.42 Å². The number of nitrogens with zero attached hydrogens (tertiary/aromatic N) is 1. The summed E-state index contributed by atoms with van der Waals surface area (Å²) in [5.74, 6) is 0. The number of hydrogen-bond acceptors (Lipinski definition) is 2. The fourth-order valence-corrected chi connectivity index (χ4v) is 6.29. The Hall–Kier alpha value is -5.31. The summed E-state index contributed by atoms with van der Waals surface area (Å²) in [6, 6.07) is 55.0. The average Bonchev–Trinajstić information content (AvgIpc) is 3.42. The molecule has 0 bridgehead atoms. The molecule has 0 saturated heterocycles. The van der Waals surface area contributed by atoms with Crippen molar-refractivity contribution in [1.29, 1.82) is 0 Å². The third kappa shape index (κ3) is 4.53. The Morgan fingerprint density at radius 1 is 0.465 bits per heavy atom. The summed E-state index contributed by atoms with van der Waals surface area (Å²) in [6.07, 6.45) is 0. The first-order chi connectivity index (χ1) is 21.2. The number of fused-ring (bicyclic) bond motifs is 4. The minimum absolute atomic E-state index is 0.620. The van der Waals surface area contributed by atoms with Gasteiger partial charge in [-0.3, -0.25) is 0 Å². The Morgan fingerprint density at radius 3 is 1.81 bits per heavy atom. The molecule has 43 heavy (non-hydrogen) atoms. The van der Waals surface area contributed by atoms with Gasteiger partial charge in [0.1, 0.15) is 11.2 Å². The van der Waals surface area contributed by atoms with Gasteiger partial charge in [0.05, 0.1) is 16.8 Å². The molecule has 8 aromatic rings. The highest BCUT2D eigenvalue weighted by Crippen LogP contribution is 2.47. The van der Waals surface area contributed by atoms with Gasteiger partial charge < -0.3 is 9.32 Å². The quantitative estimate of drug-likeness (QED) is 0.204. The molecule has 0 fully saturated rings. The van der Waals surface area contributed by atoms with Crippen LogP contribution in [-0.2, 0) is 0 Å². The molecule has 0 saturated carbocycles. The van der Waals surface area contributed by atoms with Crippen LogP contribution in [0.4, 0.5) is 17.1 Å². The van der Waals surface area contributed by atoms with E-state index in [1.165, 1.54) is 10.9 Å². The number of para-hydroxylation sites is 1. The highest BCUT2D eigenvalue weighted by molar-refractivity contribution is 6.32. The van der Waals surface area contributed by atoms with E-state index in [2.05, 4.69) is 150 Å². The number of anilines is 3. The first-order valence-electron chi connectivity index (χ1n) is 14.4. The van der Waals surface area contributed by atoms with E-state index in [-0.39, 0.29) is 0 Å². The van der Waals surface area contributed by atoms with Crippen molar-refractivity contribution in [2.24, 2.45) is 0 Å². The SMILES string of the molecule is Clc1cc(N(c2ccc(-c3ccccc3)cc2)c2ccccc2-c2ccccc2)c2c(c1)oc1cc3ccccc3cc12. The molecule has 0 aliphatic rings. The van der Waals surface area contributed by atoms with Crippen molar-refractivity contribution in [2.45, 2.75) is 0 Å². The van der Waals surface area contributed by atoms with Gasteiger partial charge in [0.15, 0.2) is 0 Å². The van der Waals surface area contributed by atoms with Crippen LogP contribution in [0.25, 0.3) is 55.0 Å². The highest BCUT2D eigenvalue weighted by atomic mass is 35.5. The van der Waals surface area contributed by atoms with Gasteiger partial charge in [0, 0.05) is 27.7 Å². The predicted molar refractivity (Wildman–Crippen MR) is 182 cm³/mol. The van der Waals surface area contributed by atoms with Crippen molar-refractivity contribution in [2.75, 3.05) is 4.90 Å². The molecule has 0 atom stereocenters. The number of hydrogen-bond donors (Lipinski definition) is 0. The van der Waals surface area contributed by atoms with Gasteiger partial charge in [-0.15, -0.1) is 0 Å². The molecule has 7 aromatic carbocycles. The van der Waals surface area contributed by atoms with Gasteiger partial charge in [0.25, 0.3) is 0 Å². The van der Waals surface area contributed by atoms with Crippen LogP contribution in [0, 0.1) is 0 Å². The lowest BCUT2D eigenvalue weighted by Crippen LogP contribution is -2.11. The summed E-state index contributed by atoms with van der Waals surface area (Å²) >= 11 is 6.85. The van der Waals surface area contributed by atoms with E-state index in [0.29, 0.717) is 5.02 Å². The Balaban J connectivity index is 1.42. The Labute approximate surface area is 255 Å². The van der Waals surface area contributed by atoms with Crippen LogP contribution < -0.4 is 4.90 Å². The van der Waals surface area contributed by atoms with Gasteiger partial charge >= 0.3 is 0 Å². The summed E-state index contributed by atoms with van der Waals surface area (Å²) in [5, 5.41) is 5.02. The van der Waals surface area contributed by atoms with Gasteiger partial charge in [-0.2, -0.15) is 0 Å². The van der Waals surface area contributed by atoms with Crippen LogP contribution in [0.1, 0.15) is 0 Å². The fraction of sp³-hybridized carbons (Fsp3) is 0. The van der Waals surface area contributed by atoms with Gasteiger partial charge in [0.2, 0.25) is 0 Å². The maximum atomic E-state index is 6.85. The molecular weight excluding hydrogens is 546 g/mol. The Morgan fingerprint density at radius 2 is 1.07 bits per heavy atom. The van der Waals surface area contributed by atoms with E-state index < -0.39 is 0 Å². The second-order valence-corrected chi connectivity index (χ2v) is 11.2. The third-order valence-electron chi connectivity index (χ3n) is 8.09. The van der Waals surface area contributed by atoms with Gasteiger partial charge in [-0.1, -0.05) is 127 Å². The Kier molecular flexibility index (Phi) is 6.21. The average molecular weight is 572 g/mol. The molecule has 2 nitrogen and oxygen atoms in total. The largest absolute Gasteiger partial charge is 0.456 e. The van der Waals surface area contributed by atoms with Crippen molar-refractivity contribution in [3.05, 3.63) is 163 Å². The van der Waals surface area contributed by atoms with Crippen molar-refractivity contribution in [3.63, 3.8) is 0 Å². The molecule has 3 heteroatoms. The number of rotatable bonds is 5. The number of furan rings is 1. The van der Waals surface area contributed by atoms with E-state index in [1.807, 2.05) is 12.1 Å². The standard InChI is InChI=1S/C40H26ClNO/c41-32-25-37(40-35-23-30-15-7-8-16-31(30)24-38(35)43-39(40)26-32)42(33-21-19-28(20-22-33)27-11-3-1-4-12-27)36-18-10-9-17-34(36)29-13-5-2-6-14-29/h1-26H. The van der Waals surface area contributed by atoms with E-state index in [1.54, 1.807) is 0 Å². The molecule has 0 spiro atoms. The minimum Gasteiger partial charge on any atom is -0.456 e. The van der Waals surface area contributed by atoms with E-state index in [4.69, 9.17) is 16.0 Å². The van der Waals surface area contributed by atoms with Crippen LogP contribution in [0.5, 0.6) is 0 Å². The molecule has 1 aromatic heterocycles. The molecule has 8 rings (SSSR count). The molecule has 0 N–H and O–H groups in total. The van der Waals surface area contributed by atoms with Crippen LogP contribution in [-0.4, -0.2) is 0 Å². The summed E-state index contributed by atoms with van der Waals surface area (Å²) in [7, 11) is 0. The van der Waals surface area contributed by atoms with Crippen LogP contribution in [0.2, 0.25) is 5.02 Å². The minimum atomic E-state index is 0.620. The summed E-state index contributed by atoms with van der Waals surface area (Å²) < 4.78 is 6.48. The van der Waals surface area contributed by atoms with E-state index >= 15 is 0 Å². The zero-order chi connectivity index (χ0) is 28.8. The monoisotopic (exact) mass is 571 g/mol. The molecule has 204 valence electrons. The molecule has 0 aliphatic carbocycles. The lowest BCUT2D eigenvalue weighted by atomic mass is 10.00. The first kappa shape index (κ1) is 25.4. The second kappa shape index (κ2) is 10.5. The van der Waals surface area contributed by atoms with Crippen LogP contribution in [0.15, 0.2) is 162 Å².